The lowest BCUT2D eigenvalue weighted by Crippen LogP contribution is -2.53. The van der Waals surface area contributed by atoms with Gasteiger partial charge in [-0.1, -0.05) is 12.1 Å². The van der Waals surface area contributed by atoms with Crippen LogP contribution in [0.2, 0.25) is 0 Å². The minimum atomic E-state index is -0.316. The molecule has 1 aliphatic heterocycles. The van der Waals surface area contributed by atoms with Gasteiger partial charge in [0.2, 0.25) is 11.8 Å². The number of Topliss-reactive ketones (excluding diaryl/α,β-unsaturated/α-hetero) is 1. The van der Waals surface area contributed by atoms with Gasteiger partial charge in [0.1, 0.15) is 0 Å². The Morgan fingerprint density at radius 1 is 1.04 bits per heavy atom. The summed E-state index contributed by atoms with van der Waals surface area (Å²) >= 11 is 0. The van der Waals surface area contributed by atoms with Crippen LogP contribution in [0.1, 0.15) is 31.1 Å². The summed E-state index contributed by atoms with van der Waals surface area (Å²) in [6, 6.07) is 6.68. The van der Waals surface area contributed by atoms with Crippen molar-refractivity contribution in [3.63, 3.8) is 0 Å². The molecule has 0 bridgehead atoms. The minimum absolute atomic E-state index is 0.0668. The van der Waals surface area contributed by atoms with Crippen molar-refractivity contribution >= 4 is 23.3 Å². The van der Waals surface area contributed by atoms with Gasteiger partial charge in [0, 0.05) is 38.7 Å². The van der Waals surface area contributed by atoms with E-state index < -0.39 is 0 Å². The van der Waals surface area contributed by atoms with Crippen LogP contribution in [0.5, 0.6) is 0 Å². The zero-order chi connectivity index (χ0) is 17.0. The first-order chi connectivity index (χ1) is 10.9. The maximum absolute atomic E-state index is 12.5. The number of hydrogen-bond acceptors (Lipinski definition) is 4. The van der Waals surface area contributed by atoms with Crippen molar-refractivity contribution < 1.29 is 14.4 Å². The molecule has 1 N–H and O–H groups in total. The van der Waals surface area contributed by atoms with E-state index in [4.69, 9.17) is 0 Å². The van der Waals surface area contributed by atoms with Gasteiger partial charge in [0.05, 0.1) is 11.7 Å². The number of piperazine rings is 1. The molecule has 1 aliphatic rings. The third-order valence-electron chi connectivity index (χ3n) is 4.25. The number of ketones is 1. The number of nitrogens with zero attached hydrogens (tertiary/aromatic N) is 2. The number of amides is 2. The maximum atomic E-state index is 12.5. The van der Waals surface area contributed by atoms with Gasteiger partial charge in [-0.05, 0) is 26.0 Å². The summed E-state index contributed by atoms with van der Waals surface area (Å²) in [7, 11) is 0. The van der Waals surface area contributed by atoms with Crippen molar-refractivity contribution in [3.05, 3.63) is 29.8 Å². The molecule has 0 aliphatic carbocycles. The third-order valence-corrected chi connectivity index (χ3v) is 4.25. The number of para-hydroxylation sites is 1. The van der Waals surface area contributed by atoms with Crippen LogP contribution in [0.4, 0.5) is 5.69 Å². The van der Waals surface area contributed by atoms with E-state index >= 15 is 0 Å². The van der Waals surface area contributed by atoms with Gasteiger partial charge >= 0.3 is 0 Å². The van der Waals surface area contributed by atoms with Crippen molar-refractivity contribution in [2.75, 3.05) is 31.5 Å². The average Bonchev–Trinajstić information content (AvgIpc) is 2.54. The fourth-order valence-corrected chi connectivity index (χ4v) is 2.73. The Morgan fingerprint density at radius 3 is 2.22 bits per heavy atom. The summed E-state index contributed by atoms with van der Waals surface area (Å²) in [5.74, 6) is -0.157. The Morgan fingerprint density at radius 2 is 1.65 bits per heavy atom. The molecular weight excluding hydrogens is 294 g/mol. The summed E-state index contributed by atoms with van der Waals surface area (Å²) in [5, 5.41) is 2.84. The van der Waals surface area contributed by atoms with E-state index in [1.807, 2.05) is 11.8 Å². The van der Waals surface area contributed by atoms with Gasteiger partial charge in [-0.25, -0.2) is 0 Å². The second-order valence-corrected chi connectivity index (χ2v) is 5.81. The molecule has 23 heavy (non-hydrogen) atoms. The number of carbonyl (C=O) groups excluding carboxylic acids is 3. The lowest BCUT2D eigenvalue weighted by atomic mass is 10.1. The molecule has 1 fully saturated rings. The molecule has 2 amide bonds. The number of rotatable bonds is 4. The van der Waals surface area contributed by atoms with Gasteiger partial charge in [-0.2, -0.15) is 0 Å². The Labute approximate surface area is 136 Å². The molecule has 1 aromatic carbocycles. The van der Waals surface area contributed by atoms with E-state index in [9.17, 15) is 14.4 Å². The van der Waals surface area contributed by atoms with Crippen LogP contribution in [-0.2, 0) is 9.59 Å². The van der Waals surface area contributed by atoms with E-state index in [2.05, 4.69) is 5.32 Å². The first-order valence-electron chi connectivity index (χ1n) is 7.80. The lowest BCUT2D eigenvalue weighted by molar-refractivity contribution is -0.131. The SMILES string of the molecule is CC(=O)c1ccccc1NC(=O)[C@H](C)N1CCN(C(C)=O)CC1. The molecule has 0 saturated carbocycles. The number of nitrogens with one attached hydrogen (secondary N) is 1. The molecule has 6 nitrogen and oxygen atoms in total. The van der Waals surface area contributed by atoms with Crippen LogP contribution >= 0.6 is 0 Å². The van der Waals surface area contributed by atoms with Crippen LogP contribution in [0, 0.1) is 0 Å². The summed E-state index contributed by atoms with van der Waals surface area (Å²) in [4.78, 5) is 39.3. The first kappa shape index (κ1) is 17.1. The van der Waals surface area contributed by atoms with Gasteiger partial charge < -0.3 is 10.2 Å². The van der Waals surface area contributed by atoms with Crippen molar-refractivity contribution in [1.82, 2.24) is 9.80 Å². The van der Waals surface area contributed by atoms with E-state index in [1.165, 1.54) is 6.92 Å². The largest absolute Gasteiger partial charge is 0.340 e. The number of carbonyl (C=O) groups is 3. The Bertz CT molecular complexity index is 607. The molecule has 0 radical (unpaired) electrons. The molecule has 124 valence electrons. The van der Waals surface area contributed by atoms with Crippen LogP contribution in [0.3, 0.4) is 0 Å². The van der Waals surface area contributed by atoms with Gasteiger partial charge in [-0.15, -0.1) is 0 Å². The monoisotopic (exact) mass is 317 g/mol. The van der Waals surface area contributed by atoms with Gasteiger partial charge in [-0.3, -0.25) is 19.3 Å². The summed E-state index contributed by atoms with van der Waals surface area (Å²) < 4.78 is 0. The van der Waals surface area contributed by atoms with E-state index in [0.29, 0.717) is 37.4 Å². The molecule has 0 unspecified atom stereocenters. The first-order valence-corrected chi connectivity index (χ1v) is 7.80. The predicted octanol–water partition coefficient (Wildman–Crippen LogP) is 1.38. The Kier molecular flexibility index (Phi) is 5.50. The fourth-order valence-electron chi connectivity index (χ4n) is 2.73. The highest BCUT2D eigenvalue weighted by Gasteiger charge is 2.26. The molecule has 1 heterocycles. The third kappa shape index (κ3) is 4.16. The second kappa shape index (κ2) is 7.37. The lowest BCUT2D eigenvalue weighted by Gasteiger charge is -2.37. The molecular formula is C17H23N3O3. The topological polar surface area (TPSA) is 69.7 Å². The summed E-state index contributed by atoms with van der Waals surface area (Å²) in [6.07, 6.45) is 0. The van der Waals surface area contributed by atoms with Crippen molar-refractivity contribution in [2.45, 2.75) is 26.8 Å². The van der Waals surface area contributed by atoms with E-state index in [0.717, 1.165) is 0 Å². The quantitative estimate of drug-likeness (QED) is 0.852. The van der Waals surface area contributed by atoms with E-state index in [1.54, 1.807) is 36.1 Å². The number of benzene rings is 1. The molecule has 1 atom stereocenters. The fraction of sp³-hybridized carbons (Fsp3) is 0.471. The molecule has 0 aromatic heterocycles. The average molecular weight is 317 g/mol. The Hall–Kier alpha value is -2.21. The smallest absolute Gasteiger partial charge is 0.241 e. The zero-order valence-corrected chi connectivity index (χ0v) is 13.8. The van der Waals surface area contributed by atoms with Crippen molar-refractivity contribution in [3.8, 4) is 0 Å². The highest BCUT2D eigenvalue weighted by Crippen LogP contribution is 2.17. The highest BCUT2D eigenvalue weighted by molar-refractivity contribution is 6.04. The van der Waals surface area contributed by atoms with Crippen LogP contribution < -0.4 is 5.32 Å². The van der Waals surface area contributed by atoms with Gasteiger partial charge in [0.25, 0.3) is 0 Å². The number of anilines is 1. The minimum Gasteiger partial charge on any atom is -0.340 e. The molecule has 1 saturated heterocycles. The van der Waals surface area contributed by atoms with Crippen LogP contribution in [-0.4, -0.2) is 59.6 Å². The second-order valence-electron chi connectivity index (χ2n) is 5.81. The highest BCUT2D eigenvalue weighted by atomic mass is 16.2. The molecule has 1 aromatic rings. The number of hydrogen-bond donors (Lipinski definition) is 1. The Balaban J connectivity index is 1.99. The predicted molar refractivity (Wildman–Crippen MR) is 88.4 cm³/mol. The maximum Gasteiger partial charge on any atom is 0.241 e. The molecule has 6 heteroatoms. The van der Waals surface area contributed by atoms with Crippen molar-refractivity contribution in [1.29, 1.82) is 0 Å². The molecule has 0 spiro atoms. The van der Waals surface area contributed by atoms with E-state index in [-0.39, 0.29) is 23.6 Å². The van der Waals surface area contributed by atoms with Crippen molar-refractivity contribution in [2.24, 2.45) is 0 Å². The van der Waals surface area contributed by atoms with Crippen LogP contribution in [0.15, 0.2) is 24.3 Å². The van der Waals surface area contributed by atoms with Gasteiger partial charge in [0.15, 0.2) is 5.78 Å². The molecule has 2 rings (SSSR count). The summed E-state index contributed by atoms with van der Waals surface area (Å²) in [6.45, 7) is 7.49. The zero-order valence-electron chi connectivity index (χ0n) is 13.8. The normalized spacial score (nSPS) is 16.7. The van der Waals surface area contributed by atoms with Crippen LogP contribution in [0.25, 0.3) is 0 Å². The summed E-state index contributed by atoms with van der Waals surface area (Å²) in [5.41, 5.74) is 1.05. The standard InChI is InChI=1S/C17H23N3O3/c1-12(19-8-10-20(11-9-19)14(3)22)17(23)18-16-7-5-4-6-15(16)13(2)21/h4-7,12H,8-11H2,1-3H3,(H,18,23)/t12-/m0/s1.